The maximum Gasteiger partial charge on any atom is 0.266 e. The van der Waals surface area contributed by atoms with Gasteiger partial charge in [-0.05, 0) is 12.8 Å². The van der Waals surface area contributed by atoms with E-state index in [1.807, 2.05) is 0 Å². The van der Waals surface area contributed by atoms with Crippen molar-refractivity contribution in [1.29, 1.82) is 0 Å². The lowest BCUT2D eigenvalue weighted by molar-refractivity contribution is -0.122. The Kier molecular flexibility index (Phi) is 43.4. The van der Waals surface area contributed by atoms with E-state index < -0.39 is 28.0 Å². The van der Waals surface area contributed by atoms with Crippen molar-refractivity contribution in [3.63, 3.8) is 0 Å². The zero-order chi connectivity index (χ0) is 41.1. The van der Waals surface area contributed by atoms with E-state index in [9.17, 15) is 22.9 Å². The van der Waals surface area contributed by atoms with Crippen LogP contribution in [0, 0.1) is 0 Å². The second-order valence-electron chi connectivity index (χ2n) is 17.8. The highest BCUT2D eigenvalue weighted by Crippen LogP contribution is 2.18. The number of nitrogens with one attached hydrogen (secondary N) is 1. The SMILES string of the molecule is CCCCCCCCCCCCCCCCCCCCCCCC(=O)NC(CS(=O)(=O)O)C(O)CCCCCCCCCCCCCCCCCCCCCC. The van der Waals surface area contributed by atoms with Crippen molar-refractivity contribution in [3.8, 4) is 0 Å². The third kappa shape index (κ3) is 44.4. The van der Waals surface area contributed by atoms with Gasteiger partial charge in [-0.15, -0.1) is 0 Å². The van der Waals surface area contributed by atoms with Gasteiger partial charge in [-0.25, -0.2) is 0 Å². The molecule has 2 unspecified atom stereocenters. The molecular weight excluding hydrogens is 715 g/mol. The van der Waals surface area contributed by atoms with Crippen LogP contribution in [0.4, 0.5) is 0 Å². The van der Waals surface area contributed by atoms with Gasteiger partial charge in [0.1, 0.15) is 0 Å². The highest BCUT2D eigenvalue weighted by Gasteiger charge is 2.26. The van der Waals surface area contributed by atoms with E-state index in [1.54, 1.807) is 0 Å². The van der Waals surface area contributed by atoms with Crippen LogP contribution in [0.1, 0.15) is 290 Å². The number of carbonyl (C=O) groups excluding carboxylic acids is 1. The number of aliphatic hydroxyl groups excluding tert-OH is 1. The third-order valence-electron chi connectivity index (χ3n) is 12.1. The lowest BCUT2D eigenvalue weighted by Crippen LogP contribution is -2.47. The summed E-state index contributed by atoms with van der Waals surface area (Å²) in [5.41, 5.74) is 0. The fourth-order valence-corrected chi connectivity index (χ4v) is 9.04. The van der Waals surface area contributed by atoms with Gasteiger partial charge in [0.25, 0.3) is 10.1 Å². The van der Waals surface area contributed by atoms with Crippen LogP contribution in [0.15, 0.2) is 0 Å². The number of hydrogen-bond acceptors (Lipinski definition) is 4. The highest BCUT2D eigenvalue weighted by atomic mass is 32.2. The van der Waals surface area contributed by atoms with Crippen molar-refractivity contribution in [2.45, 2.75) is 302 Å². The van der Waals surface area contributed by atoms with Crippen molar-refractivity contribution >= 4 is 16.0 Å². The molecule has 6 nitrogen and oxygen atoms in total. The van der Waals surface area contributed by atoms with Gasteiger partial charge in [-0.1, -0.05) is 271 Å². The van der Waals surface area contributed by atoms with Gasteiger partial charge < -0.3 is 10.4 Å². The van der Waals surface area contributed by atoms with Crippen LogP contribution in [0.3, 0.4) is 0 Å². The number of unbranched alkanes of at least 4 members (excludes halogenated alkanes) is 39. The lowest BCUT2D eigenvalue weighted by atomic mass is 10.0. The van der Waals surface area contributed by atoms with E-state index in [4.69, 9.17) is 0 Å². The van der Waals surface area contributed by atoms with Crippen LogP contribution < -0.4 is 5.32 Å². The first kappa shape index (κ1) is 55.3. The van der Waals surface area contributed by atoms with Crippen molar-refractivity contribution < 1.29 is 22.9 Å². The molecule has 56 heavy (non-hydrogen) atoms. The number of rotatable bonds is 47. The molecule has 0 aromatic heterocycles. The Bertz CT molecular complexity index is 897. The van der Waals surface area contributed by atoms with Gasteiger partial charge in [-0.3, -0.25) is 9.35 Å². The molecule has 0 rings (SSSR count). The Morgan fingerprint density at radius 1 is 0.411 bits per heavy atom. The molecule has 0 aromatic rings. The van der Waals surface area contributed by atoms with Gasteiger partial charge in [0.15, 0.2) is 0 Å². The van der Waals surface area contributed by atoms with Crippen LogP contribution >= 0.6 is 0 Å². The van der Waals surface area contributed by atoms with Gasteiger partial charge >= 0.3 is 0 Å². The molecule has 0 aliphatic rings. The monoisotopic (exact) mass is 814 g/mol. The molecule has 7 heteroatoms. The van der Waals surface area contributed by atoms with Crippen molar-refractivity contribution in [3.05, 3.63) is 0 Å². The predicted octanol–water partition coefficient (Wildman–Crippen LogP) is 15.5. The molecule has 0 aliphatic heterocycles. The molecule has 3 N–H and O–H groups in total. The first-order chi connectivity index (χ1) is 27.3. The van der Waals surface area contributed by atoms with E-state index in [0.29, 0.717) is 12.8 Å². The van der Waals surface area contributed by atoms with E-state index in [1.165, 1.54) is 225 Å². The molecule has 2 atom stereocenters. The second-order valence-corrected chi connectivity index (χ2v) is 19.3. The molecule has 1 amide bonds. The zero-order valence-corrected chi connectivity index (χ0v) is 38.6. The standard InChI is InChI=1S/C49H99NO5S/c1-3-5-7-9-11-13-15-17-19-21-23-25-27-29-31-33-35-37-39-41-43-45-49(52)50-47(46-56(53,54)55)48(51)44-42-40-38-36-34-32-30-28-26-24-22-20-18-16-14-12-10-8-6-4-2/h47-48,51H,3-46H2,1-2H3,(H,50,52)(H,53,54,55). The molecule has 0 fully saturated rings. The van der Waals surface area contributed by atoms with Crippen molar-refractivity contribution in [2.75, 3.05) is 5.75 Å². The number of amides is 1. The number of hydrogen-bond donors (Lipinski definition) is 3. The smallest absolute Gasteiger partial charge is 0.266 e. The summed E-state index contributed by atoms with van der Waals surface area (Å²) in [6, 6.07) is -0.965. The third-order valence-corrected chi connectivity index (χ3v) is 12.8. The summed E-state index contributed by atoms with van der Waals surface area (Å²) in [4.78, 5) is 12.6. The summed E-state index contributed by atoms with van der Waals surface area (Å²) in [6.45, 7) is 4.56. The second kappa shape index (κ2) is 43.9. The summed E-state index contributed by atoms with van der Waals surface area (Å²) >= 11 is 0. The largest absolute Gasteiger partial charge is 0.391 e. The average molecular weight is 814 g/mol. The topological polar surface area (TPSA) is 104 Å². The molecule has 0 aromatic carbocycles. The van der Waals surface area contributed by atoms with Gasteiger partial charge in [0.05, 0.1) is 17.9 Å². The van der Waals surface area contributed by atoms with Crippen molar-refractivity contribution in [1.82, 2.24) is 5.32 Å². The summed E-state index contributed by atoms with van der Waals surface area (Å²) < 4.78 is 32.7. The predicted molar refractivity (Wildman–Crippen MR) is 244 cm³/mol. The first-order valence-electron chi connectivity index (χ1n) is 25.2. The minimum absolute atomic E-state index is 0.237. The molecule has 0 bridgehead atoms. The molecular formula is C49H99NO5S. The van der Waals surface area contributed by atoms with Gasteiger partial charge in [0, 0.05) is 6.42 Å². The van der Waals surface area contributed by atoms with E-state index in [0.717, 1.165) is 38.5 Å². The van der Waals surface area contributed by atoms with Crippen LogP contribution in [0.5, 0.6) is 0 Å². The maximum atomic E-state index is 12.6. The van der Waals surface area contributed by atoms with E-state index >= 15 is 0 Å². The normalized spacial score (nSPS) is 13.0. The Labute approximate surface area is 350 Å². The number of aliphatic hydroxyl groups is 1. The van der Waals surface area contributed by atoms with Gasteiger partial charge in [-0.2, -0.15) is 8.42 Å². The minimum atomic E-state index is -4.31. The maximum absolute atomic E-state index is 12.6. The zero-order valence-electron chi connectivity index (χ0n) is 37.8. The summed E-state index contributed by atoms with van der Waals surface area (Å²) in [5, 5.41) is 13.4. The Morgan fingerprint density at radius 3 is 0.893 bits per heavy atom. The Hall–Kier alpha value is -0.660. The van der Waals surface area contributed by atoms with Gasteiger partial charge in [0.2, 0.25) is 5.91 Å². The Morgan fingerprint density at radius 2 is 0.643 bits per heavy atom. The molecule has 336 valence electrons. The van der Waals surface area contributed by atoms with Crippen molar-refractivity contribution in [2.24, 2.45) is 0 Å². The van der Waals surface area contributed by atoms with Crippen LogP contribution in [-0.4, -0.2) is 41.9 Å². The highest BCUT2D eigenvalue weighted by molar-refractivity contribution is 7.85. The molecule has 0 spiro atoms. The quantitative estimate of drug-likeness (QED) is 0.0419. The lowest BCUT2D eigenvalue weighted by Gasteiger charge is -2.23. The first-order valence-corrected chi connectivity index (χ1v) is 26.8. The van der Waals surface area contributed by atoms with Crippen LogP contribution in [0.2, 0.25) is 0 Å². The fourth-order valence-electron chi connectivity index (χ4n) is 8.28. The molecule has 0 saturated carbocycles. The molecule has 0 radical (unpaired) electrons. The minimum Gasteiger partial charge on any atom is -0.391 e. The van der Waals surface area contributed by atoms with E-state index in [2.05, 4.69) is 19.2 Å². The summed E-state index contributed by atoms with van der Waals surface area (Å²) in [6.07, 6.45) is 53.6. The average Bonchev–Trinajstić information content (AvgIpc) is 3.16. The van der Waals surface area contributed by atoms with Crippen LogP contribution in [-0.2, 0) is 14.9 Å². The fraction of sp³-hybridized carbons (Fsp3) is 0.980. The molecule has 0 aliphatic carbocycles. The van der Waals surface area contributed by atoms with E-state index in [-0.39, 0.29) is 5.91 Å². The molecule has 0 heterocycles. The molecule has 0 saturated heterocycles. The summed E-state index contributed by atoms with van der Waals surface area (Å²) in [5.74, 6) is -0.878. The number of carbonyl (C=O) groups is 1. The van der Waals surface area contributed by atoms with Crippen LogP contribution in [0.25, 0.3) is 0 Å². The summed E-state index contributed by atoms with van der Waals surface area (Å²) in [7, 11) is -4.31. The Balaban J connectivity index is 3.71.